The Labute approximate surface area is 226 Å². The van der Waals surface area contributed by atoms with E-state index in [-0.39, 0.29) is 22.2 Å². The molecule has 13 heteroatoms. The molecular formula is C25H43N5O6Si2. The molecule has 4 heterocycles. The third-order valence-corrected chi connectivity index (χ3v) is 18.3. The number of hydrogen-bond acceptors (Lipinski definition) is 8. The summed E-state index contributed by atoms with van der Waals surface area (Å²) in [5.74, 6) is 0. The van der Waals surface area contributed by atoms with Gasteiger partial charge >= 0.3 is 22.8 Å². The smallest absolute Gasteiger partial charge is 0.335 e. The summed E-state index contributed by atoms with van der Waals surface area (Å²) in [6.07, 6.45) is 2.47. The standard InChI is InChI=1S/C25H43N5O6Si2/c1-11-25-19-12-26-28-30(19)20(23(34-25)29-13-18(10)22(31)27-24(29)32)21(25)35-38(16(6)7,17(8)9)36-37(33,14(2)3)15(4)5/h12-17,20-21,23,33H,11H2,1-10H3,(H,27,31,32)/t20-,21?,23+,25+/m0/s1. The van der Waals surface area contributed by atoms with Crippen molar-refractivity contribution in [3.8, 4) is 0 Å². The minimum atomic E-state index is -3.20. The van der Waals surface area contributed by atoms with E-state index >= 15 is 0 Å². The SMILES string of the molecule is CC[C@]12O[C@@H](n3cc(C)c(=O)[nH]c3=O)[C@H](C1O[Si](O[Si](O)(C(C)C)C(C)C)(C(C)C)C(C)C)n1nncc12. The number of fused-ring (bicyclic) bond motifs is 5. The fraction of sp³-hybridized carbons (Fsp3) is 0.760. The minimum Gasteiger partial charge on any atom is -0.414 e. The van der Waals surface area contributed by atoms with Gasteiger partial charge in [-0.05, 0) is 35.5 Å². The third-order valence-electron chi connectivity index (χ3n) is 8.53. The van der Waals surface area contributed by atoms with Crippen LogP contribution in [-0.4, -0.2) is 52.6 Å². The van der Waals surface area contributed by atoms with Gasteiger partial charge in [0.2, 0.25) is 0 Å². The van der Waals surface area contributed by atoms with E-state index in [1.54, 1.807) is 17.8 Å². The van der Waals surface area contributed by atoms with E-state index < -0.39 is 52.3 Å². The van der Waals surface area contributed by atoms with Gasteiger partial charge in [-0.25, -0.2) is 9.48 Å². The molecule has 2 bridgehead atoms. The lowest BCUT2D eigenvalue weighted by molar-refractivity contribution is -0.122. The minimum absolute atomic E-state index is 0.0230. The molecule has 0 amide bonds. The molecule has 0 aromatic carbocycles. The number of aromatic amines is 1. The molecule has 1 unspecified atom stereocenters. The van der Waals surface area contributed by atoms with Crippen molar-refractivity contribution in [1.82, 2.24) is 24.5 Å². The zero-order chi connectivity index (χ0) is 28.4. The van der Waals surface area contributed by atoms with Crippen molar-refractivity contribution in [1.29, 1.82) is 0 Å². The van der Waals surface area contributed by atoms with Crippen molar-refractivity contribution in [2.45, 2.75) is 122 Å². The second kappa shape index (κ2) is 9.93. The molecular weight excluding hydrogens is 522 g/mol. The zero-order valence-corrected chi connectivity index (χ0v) is 26.2. The molecule has 2 N–H and O–H groups in total. The van der Waals surface area contributed by atoms with Gasteiger partial charge in [0.1, 0.15) is 17.7 Å². The van der Waals surface area contributed by atoms with Gasteiger partial charge in [0.05, 0.1) is 11.9 Å². The summed E-state index contributed by atoms with van der Waals surface area (Å²) in [5.41, 5.74) is -0.730. The molecule has 2 aliphatic heterocycles. The zero-order valence-electron chi connectivity index (χ0n) is 24.2. The van der Waals surface area contributed by atoms with Crippen LogP contribution in [-0.2, 0) is 18.9 Å². The molecule has 2 aliphatic rings. The molecule has 0 radical (unpaired) electrons. The molecule has 38 heavy (non-hydrogen) atoms. The Morgan fingerprint density at radius 1 is 1.11 bits per heavy atom. The van der Waals surface area contributed by atoms with E-state index in [1.807, 2.05) is 34.6 Å². The lowest BCUT2D eigenvalue weighted by Gasteiger charge is -2.48. The van der Waals surface area contributed by atoms with Crippen LogP contribution in [0.5, 0.6) is 0 Å². The van der Waals surface area contributed by atoms with Crippen LogP contribution in [0.2, 0.25) is 22.2 Å². The molecule has 1 fully saturated rings. The maximum Gasteiger partial charge on any atom is 0.335 e. The largest absolute Gasteiger partial charge is 0.414 e. The number of hydrogen-bond donors (Lipinski definition) is 2. The second-order valence-corrected chi connectivity index (χ2v) is 20.6. The van der Waals surface area contributed by atoms with Crippen molar-refractivity contribution in [3.05, 3.63) is 44.5 Å². The number of rotatable bonds is 10. The number of nitrogens with one attached hydrogen (secondary N) is 1. The summed E-state index contributed by atoms with van der Waals surface area (Å²) in [4.78, 5) is 39.4. The van der Waals surface area contributed by atoms with Crippen LogP contribution in [0.3, 0.4) is 0 Å². The fourth-order valence-electron chi connectivity index (χ4n) is 6.18. The number of aromatic nitrogens is 5. The molecule has 2 aromatic heterocycles. The maximum absolute atomic E-state index is 12.9. The maximum atomic E-state index is 12.9. The first-order valence-corrected chi connectivity index (χ1v) is 17.6. The Hall–Kier alpha value is -1.91. The molecule has 4 rings (SSSR count). The van der Waals surface area contributed by atoms with Crippen molar-refractivity contribution < 1.29 is 18.1 Å². The molecule has 0 aliphatic carbocycles. The van der Waals surface area contributed by atoms with Crippen molar-refractivity contribution in [2.24, 2.45) is 0 Å². The number of ether oxygens (including phenoxy) is 1. The Balaban J connectivity index is 1.87. The summed E-state index contributed by atoms with van der Waals surface area (Å²) >= 11 is 0. The van der Waals surface area contributed by atoms with Gasteiger partial charge in [-0.15, -0.1) is 5.10 Å². The monoisotopic (exact) mass is 565 g/mol. The molecule has 0 spiro atoms. The predicted octanol–water partition coefficient (Wildman–Crippen LogP) is 3.74. The van der Waals surface area contributed by atoms with Crippen molar-refractivity contribution in [2.75, 3.05) is 0 Å². The lowest BCUT2D eigenvalue weighted by atomic mass is 9.93. The molecule has 2 aromatic rings. The van der Waals surface area contributed by atoms with Gasteiger partial charge in [0.15, 0.2) is 6.23 Å². The van der Waals surface area contributed by atoms with Gasteiger partial charge in [-0.2, -0.15) is 0 Å². The lowest BCUT2D eigenvalue weighted by Crippen LogP contribution is -2.62. The first kappa shape index (κ1) is 29.1. The Kier molecular flexibility index (Phi) is 7.60. The third kappa shape index (κ3) is 4.13. The topological polar surface area (TPSA) is 133 Å². The van der Waals surface area contributed by atoms with Crippen LogP contribution in [0.15, 0.2) is 22.0 Å². The summed E-state index contributed by atoms with van der Waals surface area (Å²) in [7, 11) is -6.33. The van der Waals surface area contributed by atoms with Crippen molar-refractivity contribution >= 4 is 17.1 Å². The van der Waals surface area contributed by atoms with Gasteiger partial charge in [0, 0.05) is 11.8 Å². The van der Waals surface area contributed by atoms with Crippen LogP contribution in [0, 0.1) is 6.92 Å². The molecule has 11 nitrogen and oxygen atoms in total. The predicted molar refractivity (Wildman–Crippen MR) is 147 cm³/mol. The highest BCUT2D eigenvalue weighted by atomic mass is 28.5. The van der Waals surface area contributed by atoms with E-state index in [2.05, 4.69) is 43.0 Å². The second-order valence-electron chi connectivity index (χ2n) is 12.0. The summed E-state index contributed by atoms with van der Waals surface area (Å²) < 4.78 is 24.2. The van der Waals surface area contributed by atoms with Crippen LogP contribution in [0.1, 0.15) is 92.3 Å². The van der Waals surface area contributed by atoms with E-state index in [4.69, 9.17) is 13.3 Å². The number of H-pyrrole nitrogens is 1. The van der Waals surface area contributed by atoms with E-state index in [1.165, 1.54) is 10.8 Å². The van der Waals surface area contributed by atoms with E-state index in [0.717, 1.165) is 5.69 Å². The highest BCUT2D eigenvalue weighted by Crippen LogP contribution is 2.60. The summed E-state index contributed by atoms with van der Waals surface area (Å²) in [5, 5.41) is 8.52. The molecule has 4 atom stereocenters. The molecule has 1 saturated heterocycles. The van der Waals surface area contributed by atoms with Crippen molar-refractivity contribution in [3.63, 3.8) is 0 Å². The highest BCUT2D eigenvalue weighted by molar-refractivity contribution is 6.83. The Morgan fingerprint density at radius 3 is 2.24 bits per heavy atom. The average molecular weight is 566 g/mol. The quantitative estimate of drug-likeness (QED) is 0.416. The van der Waals surface area contributed by atoms with Crippen LogP contribution < -0.4 is 11.2 Å². The van der Waals surface area contributed by atoms with Gasteiger partial charge in [-0.3, -0.25) is 14.3 Å². The number of aryl methyl sites for hydroxylation is 1. The van der Waals surface area contributed by atoms with Gasteiger partial charge in [0.25, 0.3) is 5.56 Å². The van der Waals surface area contributed by atoms with E-state index in [0.29, 0.717) is 12.0 Å². The Morgan fingerprint density at radius 2 is 1.71 bits per heavy atom. The van der Waals surface area contributed by atoms with Crippen LogP contribution in [0.4, 0.5) is 0 Å². The van der Waals surface area contributed by atoms with Crippen LogP contribution in [0.25, 0.3) is 0 Å². The highest BCUT2D eigenvalue weighted by Gasteiger charge is 2.68. The van der Waals surface area contributed by atoms with Gasteiger partial charge in [-0.1, -0.05) is 67.5 Å². The molecule has 212 valence electrons. The average Bonchev–Trinajstić information content (AvgIpc) is 3.50. The first-order chi connectivity index (χ1) is 17.7. The first-order valence-electron chi connectivity index (χ1n) is 13.7. The summed E-state index contributed by atoms with van der Waals surface area (Å²) in [6.45, 7) is 20.1. The van der Waals surface area contributed by atoms with Crippen LogP contribution >= 0.6 is 0 Å². The molecule has 0 saturated carbocycles. The van der Waals surface area contributed by atoms with E-state index in [9.17, 15) is 14.4 Å². The summed E-state index contributed by atoms with van der Waals surface area (Å²) in [6, 6.07) is -0.517. The fourth-order valence-corrected chi connectivity index (χ4v) is 16.1. The van der Waals surface area contributed by atoms with Gasteiger partial charge < -0.3 is 18.1 Å². The number of nitrogens with zero attached hydrogens (tertiary/aromatic N) is 4. The Bertz CT molecular complexity index is 1270. The normalized spacial score (nSPS) is 25.4.